The van der Waals surface area contributed by atoms with E-state index in [1.807, 2.05) is 25.1 Å². The van der Waals surface area contributed by atoms with Gasteiger partial charge in [-0.05, 0) is 43.9 Å². The zero-order chi connectivity index (χ0) is 16.0. The molecule has 0 amide bonds. The van der Waals surface area contributed by atoms with Gasteiger partial charge in [0.25, 0.3) is 0 Å². The lowest BCUT2D eigenvalue weighted by atomic mass is 10.1. The largest absolute Gasteiger partial charge is 0.243 e. The molecule has 0 heterocycles. The average molecular weight is 319 g/mol. The number of hydrogen-bond donors (Lipinski definition) is 0. The molecule has 0 saturated heterocycles. The summed E-state index contributed by atoms with van der Waals surface area (Å²) in [5.41, 5.74) is 2.16. The van der Waals surface area contributed by atoms with Gasteiger partial charge in [-0.1, -0.05) is 49.3 Å². The first-order valence-corrected chi connectivity index (χ1v) is 9.40. The second kappa shape index (κ2) is 7.75. The molecule has 1 aliphatic rings. The minimum atomic E-state index is -3.43. The summed E-state index contributed by atoms with van der Waals surface area (Å²) in [5, 5.41) is 0. The van der Waals surface area contributed by atoms with Crippen molar-refractivity contribution in [2.75, 3.05) is 13.1 Å². The van der Waals surface area contributed by atoms with E-state index in [1.54, 1.807) is 16.4 Å². The van der Waals surface area contributed by atoms with Gasteiger partial charge in [0.2, 0.25) is 10.0 Å². The molecule has 0 bridgehead atoms. The maximum atomic E-state index is 12.9. The number of nitrogens with zero attached hydrogens (tertiary/aromatic N) is 1. The van der Waals surface area contributed by atoms with Crippen LogP contribution in [-0.4, -0.2) is 25.8 Å². The Balaban J connectivity index is 2.24. The number of hydrogen-bond acceptors (Lipinski definition) is 2. The predicted octanol–water partition coefficient (Wildman–Crippen LogP) is 4.06. The Morgan fingerprint density at radius 2 is 1.86 bits per heavy atom. The Morgan fingerprint density at radius 3 is 2.45 bits per heavy atom. The molecule has 0 saturated carbocycles. The van der Waals surface area contributed by atoms with Crippen molar-refractivity contribution in [3.05, 3.63) is 53.6 Å². The molecule has 0 radical (unpaired) electrons. The van der Waals surface area contributed by atoms with Crippen molar-refractivity contribution in [1.82, 2.24) is 4.31 Å². The van der Waals surface area contributed by atoms with Crippen molar-refractivity contribution in [1.29, 1.82) is 0 Å². The first-order chi connectivity index (χ1) is 10.5. The molecule has 22 heavy (non-hydrogen) atoms. The molecule has 0 aliphatic heterocycles. The van der Waals surface area contributed by atoms with Gasteiger partial charge < -0.3 is 0 Å². The van der Waals surface area contributed by atoms with E-state index in [1.165, 1.54) is 0 Å². The van der Waals surface area contributed by atoms with Crippen LogP contribution >= 0.6 is 0 Å². The summed E-state index contributed by atoms with van der Waals surface area (Å²) in [6.45, 7) is 5.07. The van der Waals surface area contributed by atoms with Crippen LogP contribution in [0.4, 0.5) is 0 Å². The van der Waals surface area contributed by atoms with E-state index in [0.29, 0.717) is 18.0 Å². The smallest absolute Gasteiger partial charge is 0.207 e. The number of benzene rings is 1. The number of aryl methyl sites for hydroxylation is 1. The standard InChI is InChI=1S/C18H25NO2S/c1-3-4-14-19(15-17-8-6-5-7-9-17)22(20,21)18-12-10-16(2)11-13-18/h6,8-13H,3-5,7,14-15H2,1-2H3. The number of sulfonamides is 1. The molecule has 0 fully saturated rings. The maximum absolute atomic E-state index is 12.9. The number of rotatable bonds is 7. The fourth-order valence-electron chi connectivity index (χ4n) is 2.47. The van der Waals surface area contributed by atoms with Crippen molar-refractivity contribution in [2.45, 2.75) is 44.4 Å². The van der Waals surface area contributed by atoms with Crippen LogP contribution in [0.5, 0.6) is 0 Å². The molecule has 0 N–H and O–H groups in total. The fourth-order valence-corrected chi connectivity index (χ4v) is 3.93. The third kappa shape index (κ3) is 4.31. The van der Waals surface area contributed by atoms with Gasteiger partial charge in [0, 0.05) is 13.1 Å². The van der Waals surface area contributed by atoms with Gasteiger partial charge in [-0.25, -0.2) is 8.42 Å². The lowest BCUT2D eigenvalue weighted by molar-refractivity contribution is 0.427. The van der Waals surface area contributed by atoms with Crippen molar-refractivity contribution in [3.63, 3.8) is 0 Å². The minimum Gasteiger partial charge on any atom is -0.207 e. The maximum Gasteiger partial charge on any atom is 0.243 e. The molecule has 0 atom stereocenters. The van der Waals surface area contributed by atoms with Crippen LogP contribution in [0.3, 0.4) is 0 Å². The monoisotopic (exact) mass is 319 g/mol. The molecule has 0 aromatic heterocycles. The summed E-state index contributed by atoms with van der Waals surface area (Å²) in [7, 11) is -3.43. The molecule has 0 spiro atoms. The van der Waals surface area contributed by atoms with Crippen LogP contribution in [0.15, 0.2) is 53.0 Å². The minimum absolute atomic E-state index is 0.384. The Kier molecular flexibility index (Phi) is 5.98. The van der Waals surface area contributed by atoms with Gasteiger partial charge in [0.1, 0.15) is 0 Å². The SMILES string of the molecule is CCCCN(CC1=CCCC=C1)S(=O)(=O)c1ccc(C)cc1. The molecule has 1 aromatic carbocycles. The van der Waals surface area contributed by atoms with Crippen LogP contribution < -0.4 is 0 Å². The molecule has 3 nitrogen and oxygen atoms in total. The molecule has 4 heteroatoms. The van der Waals surface area contributed by atoms with Crippen molar-refractivity contribution < 1.29 is 8.42 Å². The van der Waals surface area contributed by atoms with E-state index in [-0.39, 0.29) is 0 Å². The average Bonchev–Trinajstić information content (AvgIpc) is 2.52. The summed E-state index contributed by atoms with van der Waals surface area (Å²) in [5.74, 6) is 0. The van der Waals surface area contributed by atoms with E-state index >= 15 is 0 Å². The van der Waals surface area contributed by atoms with Gasteiger partial charge in [-0.2, -0.15) is 4.31 Å². The highest BCUT2D eigenvalue weighted by Crippen LogP contribution is 2.20. The number of unbranched alkanes of at least 4 members (excludes halogenated alkanes) is 1. The van der Waals surface area contributed by atoms with Gasteiger partial charge in [-0.3, -0.25) is 0 Å². The molecule has 1 aromatic rings. The summed E-state index contributed by atoms with van der Waals surface area (Å²) in [6, 6.07) is 7.11. The Bertz CT molecular complexity index is 642. The topological polar surface area (TPSA) is 37.4 Å². The zero-order valence-electron chi connectivity index (χ0n) is 13.5. The third-order valence-electron chi connectivity index (χ3n) is 3.85. The van der Waals surface area contributed by atoms with Crippen molar-refractivity contribution >= 4 is 10.0 Å². The number of allylic oxidation sites excluding steroid dienone is 2. The molecule has 1 aliphatic carbocycles. The molecule has 2 rings (SSSR count). The summed E-state index contributed by atoms with van der Waals surface area (Å²) >= 11 is 0. The molecule has 0 unspecified atom stereocenters. The summed E-state index contributed by atoms with van der Waals surface area (Å²) < 4.78 is 27.4. The Morgan fingerprint density at radius 1 is 1.14 bits per heavy atom. The van der Waals surface area contributed by atoms with Gasteiger partial charge >= 0.3 is 0 Å². The lowest BCUT2D eigenvalue weighted by Crippen LogP contribution is -2.33. The summed E-state index contributed by atoms with van der Waals surface area (Å²) in [4.78, 5) is 0.384. The van der Waals surface area contributed by atoms with Crippen LogP contribution in [0, 0.1) is 6.92 Å². The summed E-state index contributed by atoms with van der Waals surface area (Å²) in [6.07, 6.45) is 10.2. The Labute approximate surface area is 134 Å². The Hall–Kier alpha value is -1.39. The van der Waals surface area contributed by atoms with E-state index in [9.17, 15) is 8.42 Å². The predicted molar refractivity (Wildman–Crippen MR) is 91.3 cm³/mol. The fraction of sp³-hybridized carbons (Fsp3) is 0.444. The van der Waals surface area contributed by atoms with E-state index in [2.05, 4.69) is 19.1 Å². The normalized spacial score (nSPS) is 15.1. The lowest BCUT2D eigenvalue weighted by Gasteiger charge is -2.23. The molecular formula is C18H25NO2S. The second-order valence-electron chi connectivity index (χ2n) is 5.76. The van der Waals surface area contributed by atoms with Gasteiger partial charge in [0.05, 0.1) is 4.90 Å². The molecular weight excluding hydrogens is 294 g/mol. The van der Waals surface area contributed by atoms with Crippen LogP contribution in [-0.2, 0) is 10.0 Å². The van der Waals surface area contributed by atoms with Crippen LogP contribution in [0.25, 0.3) is 0 Å². The second-order valence-corrected chi connectivity index (χ2v) is 7.70. The van der Waals surface area contributed by atoms with E-state index < -0.39 is 10.0 Å². The van der Waals surface area contributed by atoms with E-state index in [0.717, 1.165) is 36.8 Å². The van der Waals surface area contributed by atoms with Crippen LogP contribution in [0.2, 0.25) is 0 Å². The first kappa shape index (κ1) is 17.0. The quantitative estimate of drug-likeness (QED) is 0.760. The van der Waals surface area contributed by atoms with E-state index in [4.69, 9.17) is 0 Å². The molecule has 120 valence electrons. The third-order valence-corrected chi connectivity index (χ3v) is 5.71. The van der Waals surface area contributed by atoms with Crippen molar-refractivity contribution in [3.8, 4) is 0 Å². The highest BCUT2D eigenvalue weighted by atomic mass is 32.2. The highest BCUT2D eigenvalue weighted by molar-refractivity contribution is 7.89. The highest BCUT2D eigenvalue weighted by Gasteiger charge is 2.24. The van der Waals surface area contributed by atoms with Gasteiger partial charge in [-0.15, -0.1) is 0 Å². The zero-order valence-corrected chi connectivity index (χ0v) is 14.3. The van der Waals surface area contributed by atoms with Gasteiger partial charge in [0.15, 0.2) is 0 Å². The van der Waals surface area contributed by atoms with Crippen molar-refractivity contribution in [2.24, 2.45) is 0 Å². The first-order valence-electron chi connectivity index (χ1n) is 7.96. The van der Waals surface area contributed by atoms with Crippen LogP contribution in [0.1, 0.15) is 38.2 Å².